The maximum Gasteiger partial charge on any atom is 0.225 e. The third-order valence-corrected chi connectivity index (χ3v) is 5.33. The van der Waals surface area contributed by atoms with E-state index in [4.69, 9.17) is 4.74 Å². The number of ketones is 1. The van der Waals surface area contributed by atoms with Gasteiger partial charge in [-0.3, -0.25) is 9.59 Å². The molecule has 0 spiro atoms. The molecule has 2 atom stereocenters. The summed E-state index contributed by atoms with van der Waals surface area (Å²) in [5.74, 6) is 0.874. The summed E-state index contributed by atoms with van der Waals surface area (Å²) in [5.41, 5.74) is 3.72. The highest BCUT2D eigenvalue weighted by atomic mass is 16.5. The van der Waals surface area contributed by atoms with Crippen LogP contribution >= 0.6 is 0 Å². The lowest BCUT2D eigenvalue weighted by molar-refractivity contribution is -0.122. The molecule has 1 aliphatic carbocycles. The summed E-state index contributed by atoms with van der Waals surface area (Å²) < 4.78 is 5.21. The molecule has 0 unspecified atom stereocenters. The summed E-state index contributed by atoms with van der Waals surface area (Å²) >= 11 is 0. The monoisotopic (exact) mass is 347 g/mol. The lowest BCUT2D eigenvalue weighted by atomic mass is 9.73. The van der Waals surface area contributed by atoms with E-state index < -0.39 is 0 Å². The second kappa shape index (κ2) is 6.79. The van der Waals surface area contributed by atoms with Crippen molar-refractivity contribution in [3.8, 4) is 5.75 Å². The van der Waals surface area contributed by atoms with Gasteiger partial charge in [0, 0.05) is 30.0 Å². The maximum absolute atomic E-state index is 13.0. The number of allylic oxidation sites excluding steroid dienone is 2. The predicted molar refractivity (Wildman–Crippen MR) is 98.9 cm³/mol. The summed E-state index contributed by atoms with van der Waals surface area (Å²) in [6, 6.07) is 17.7. The molecule has 0 saturated heterocycles. The van der Waals surface area contributed by atoms with Crippen molar-refractivity contribution in [1.29, 1.82) is 0 Å². The zero-order chi connectivity index (χ0) is 18.1. The van der Waals surface area contributed by atoms with E-state index in [0.717, 1.165) is 28.1 Å². The second-order valence-corrected chi connectivity index (χ2v) is 6.91. The maximum atomic E-state index is 13.0. The molecule has 2 aliphatic rings. The summed E-state index contributed by atoms with van der Waals surface area (Å²) in [7, 11) is 1.64. The Hall–Kier alpha value is -2.88. The predicted octanol–water partition coefficient (Wildman–Crippen LogP) is 3.70. The summed E-state index contributed by atoms with van der Waals surface area (Å²) in [6.45, 7) is 0. The highest BCUT2D eigenvalue weighted by Crippen LogP contribution is 2.42. The van der Waals surface area contributed by atoms with Gasteiger partial charge in [-0.1, -0.05) is 42.5 Å². The van der Waals surface area contributed by atoms with Crippen molar-refractivity contribution in [3.63, 3.8) is 0 Å². The van der Waals surface area contributed by atoms with Gasteiger partial charge >= 0.3 is 0 Å². The van der Waals surface area contributed by atoms with Crippen molar-refractivity contribution in [2.75, 3.05) is 7.11 Å². The Balaban J connectivity index is 1.67. The third kappa shape index (κ3) is 3.03. The van der Waals surface area contributed by atoms with Gasteiger partial charge in [-0.05, 0) is 35.6 Å². The number of carbonyl (C=O) groups excluding carboxylic acids is 2. The van der Waals surface area contributed by atoms with Crippen molar-refractivity contribution in [2.24, 2.45) is 0 Å². The molecule has 0 saturated carbocycles. The van der Waals surface area contributed by atoms with E-state index in [1.54, 1.807) is 7.11 Å². The van der Waals surface area contributed by atoms with E-state index in [2.05, 4.69) is 5.32 Å². The highest BCUT2D eigenvalue weighted by Gasteiger charge is 2.38. The molecule has 2 aromatic rings. The number of hydrogen-bond acceptors (Lipinski definition) is 3. The number of amides is 1. The van der Waals surface area contributed by atoms with Crippen LogP contribution in [0.4, 0.5) is 0 Å². The van der Waals surface area contributed by atoms with Gasteiger partial charge in [-0.25, -0.2) is 0 Å². The van der Waals surface area contributed by atoms with Crippen LogP contribution in [0.1, 0.15) is 42.2 Å². The quantitative estimate of drug-likeness (QED) is 0.921. The second-order valence-electron chi connectivity index (χ2n) is 6.91. The van der Waals surface area contributed by atoms with E-state index >= 15 is 0 Å². The van der Waals surface area contributed by atoms with Gasteiger partial charge in [0.15, 0.2) is 5.78 Å². The van der Waals surface area contributed by atoms with Crippen molar-refractivity contribution in [3.05, 3.63) is 77.0 Å². The van der Waals surface area contributed by atoms with Crippen LogP contribution in [0.3, 0.4) is 0 Å². The van der Waals surface area contributed by atoms with Gasteiger partial charge in [0.2, 0.25) is 5.91 Å². The van der Waals surface area contributed by atoms with Crippen molar-refractivity contribution < 1.29 is 14.3 Å². The van der Waals surface area contributed by atoms with E-state index in [9.17, 15) is 9.59 Å². The molecular weight excluding hydrogens is 326 g/mol. The van der Waals surface area contributed by atoms with E-state index in [1.165, 1.54) is 0 Å². The first-order valence-electron chi connectivity index (χ1n) is 8.90. The minimum Gasteiger partial charge on any atom is -0.497 e. The number of Topliss-reactive ketones (excluding diaryl/α,β-unsaturated/α-hetero) is 1. The highest BCUT2D eigenvalue weighted by molar-refractivity contribution is 6.02. The molecule has 4 nitrogen and oxygen atoms in total. The smallest absolute Gasteiger partial charge is 0.225 e. The molecule has 1 aliphatic heterocycles. The SMILES string of the molecule is COc1ccc([C@@H]2CC(=O)C3=C(C2)NC(=O)C[C@@H]3c2ccccc2)cc1. The Morgan fingerprint density at radius 2 is 1.62 bits per heavy atom. The lowest BCUT2D eigenvalue weighted by Crippen LogP contribution is -2.38. The average Bonchev–Trinajstić information content (AvgIpc) is 2.67. The normalized spacial score (nSPS) is 22.7. The molecule has 4 rings (SSSR count). The van der Waals surface area contributed by atoms with Gasteiger partial charge in [0.25, 0.3) is 0 Å². The largest absolute Gasteiger partial charge is 0.497 e. The van der Waals surface area contributed by atoms with Gasteiger partial charge in [-0.2, -0.15) is 0 Å². The molecular formula is C22H21NO3. The van der Waals surface area contributed by atoms with Crippen molar-refractivity contribution >= 4 is 11.7 Å². The van der Waals surface area contributed by atoms with Gasteiger partial charge in [-0.15, -0.1) is 0 Å². The summed E-state index contributed by atoms with van der Waals surface area (Å²) in [4.78, 5) is 25.3. The molecule has 26 heavy (non-hydrogen) atoms. The molecule has 0 radical (unpaired) electrons. The van der Waals surface area contributed by atoms with Crippen LogP contribution < -0.4 is 10.1 Å². The number of nitrogens with one attached hydrogen (secondary N) is 1. The number of benzene rings is 2. The number of methoxy groups -OCH3 is 1. The zero-order valence-electron chi connectivity index (χ0n) is 14.7. The number of ether oxygens (including phenoxy) is 1. The van der Waals surface area contributed by atoms with Crippen LogP contribution in [0.2, 0.25) is 0 Å². The van der Waals surface area contributed by atoms with Crippen LogP contribution in [0.5, 0.6) is 5.75 Å². The molecule has 1 N–H and O–H groups in total. The first-order valence-corrected chi connectivity index (χ1v) is 8.90. The van der Waals surface area contributed by atoms with E-state index in [-0.39, 0.29) is 23.5 Å². The lowest BCUT2D eigenvalue weighted by Gasteiger charge is -2.34. The number of hydrogen-bond donors (Lipinski definition) is 1. The van der Waals surface area contributed by atoms with Crippen molar-refractivity contribution in [1.82, 2.24) is 5.32 Å². The third-order valence-electron chi connectivity index (χ3n) is 5.33. The molecule has 4 heteroatoms. The minimum atomic E-state index is -0.135. The standard InChI is InChI=1S/C22H21NO3/c1-26-17-9-7-14(8-10-17)16-11-19-22(20(24)12-16)18(13-21(25)23-19)15-5-3-2-4-6-15/h2-10,16,18H,11-13H2,1H3,(H,23,25)/t16-,18+/m0/s1. The number of rotatable bonds is 3. The van der Waals surface area contributed by atoms with Crippen LogP contribution in [0.15, 0.2) is 65.9 Å². The molecule has 132 valence electrons. The van der Waals surface area contributed by atoms with Crippen molar-refractivity contribution in [2.45, 2.75) is 31.1 Å². The summed E-state index contributed by atoms with van der Waals surface area (Å²) in [6.07, 6.45) is 1.49. The molecule has 0 fully saturated rings. The molecule has 1 amide bonds. The number of carbonyl (C=O) groups is 2. The molecule has 0 aromatic heterocycles. The van der Waals surface area contributed by atoms with Gasteiger partial charge in [0.05, 0.1) is 7.11 Å². The average molecular weight is 347 g/mol. The van der Waals surface area contributed by atoms with Gasteiger partial charge < -0.3 is 10.1 Å². The van der Waals surface area contributed by atoms with E-state index in [0.29, 0.717) is 19.3 Å². The fourth-order valence-electron chi connectivity index (χ4n) is 4.04. The molecule has 0 bridgehead atoms. The Bertz CT molecular complexity index is 868. The first-order chi connectivity index (χ1) is 12.7. The summed E-state index contributed by atoms with van der Waals surface area (Å²) in [5, 5.41) is 2.97. The van der Waals surface area contributed by atoms with E-state index in [1.807, 2.05) is 54.6 Å². The Kier molecular flexibility index (Phi) is 4.33. The zero-order valence-corrected chi connectivity index (χ0v) is 14.7. The van der Waals surface area contributed by atoms with Crippen LogP contribution in [-0.4, -0.2) is 18.8 Å². The minimum absolute atomic E-state index is 0.0132. The fraction of sp³-hybridized carbons (Fsp3) is 0.273. The topological polar surface area (TPSA) is 55.4 Å². The Morgan fingerprint density at radius 1 is 0.885 bits per heavy atom. The molecule has 1 heterocycles. The first kappa shape index (κ1) is 16.6. The van der Waals surface area contributed by atoms with Gasteiger partial charge in [0.1, 0.15) is 5.75 Å². The Morgan fingerprint density at radius 3 is 2.31 bits per heavy atom. The fourth-order valence-corrected chi connectivity index (χ4v) is 4.04. The molecule has 2 aromatic carbocycles. The Labute approximate surface area is 152 Å². The van der Waals surface area contributed by atoms with Crippen LogP contribution in [0.25, 0.3) is 0 Å². The van der Waals surface area contributed by atoms with Crippen LogP contribution in [-0.2, 0) is 9.59 Å². The van der Waals surface area contributed by atoms with Crippen LogP contribution in [0, 0.1) is 0 Å².